The molecule has 0 saturated carbocycles. The number of tetrazole rings is 1. The molecule has 0 aliphatic carbocycles. The second kappa shape index (κ2) is 11.7. The Morgan fingerprint density at radius 1 is 1.07 bits per heavy atom. The first kappa shape index (κ1) is 27.1. The van der Waals surface area contributed by atoms with Crippen LogP contribution in [-0.2, 0) is 19.4 Å². The van der Waals surface area contributed by atoms with Gasteiger partial charge in [0, 0.05) is 22.4 Å². The highest BCUT2D eigenvalue weighted by molar-refractivity contribution is 7.10. The molecule has 5 aromatic rings. The maximum atomic E-state index is 13.9. The van der Waals surface area contributed by atoms with Crippen LogP contribution in [0.25, 0.3) is 22.5 Å². The van der Waals surface area contributed by atoms with E-state index >= 15 is 0 Å². The average molecular weight is 555 g/mol. The first-order chi connectivity index (χ1) is 19.4. The van der Waals surface area contributed by atoms with Gasteiger partial charge in [0.2, 0.25) is 5.82 Å². The minimum Gasteiger partial charge on any atom is -0.478 e. The number of aromatic nitrogens is 6. The number of nitrogens with one attached hydrogen (secondary N) is 1. The number of aromatic amines is 1. The number of hydrogen-bond acceptors (Lipinski definition) is 7. The molecule has 0 aliphatic rings. The SMILES string of the molecule is CCCCc1nc(C)n(Cc2scc(C)c2C(=O)O)c(=O)c1Cc1ccc(-c2ccccc2-c2nn[nH]n2)cc1. The van der Waals surface area contributed by atoms with Gasteiger partial charge in [-0.05, 0) is 59.5 Å². The molecule has 5 rings (SSSR count). The third-order valence-electron chi connectivity index (χ3n) is 7.03. The lowest BCUT2D eigenvalue weighted by atomic mass is 9.96. The van der Waals surface area contributed by atoms with Crippen molar-refractivity contribution in [2.24, 2.45) is 0 Å². The molecule has 0 saturated heterocycles. The molecule has 0 aliphatic heterocycles. The number of aryl methyl sites for hydroxylation is 3. The van der Waals surface area contributed by atoms with Crippen molar-refractivity contribution in [3.63, 3.8) is 0 Å². The summed E-state index contributed by atoms with van der Waals surface area (Å²) in [5.74, 6) is 0.141. The average Bonchev–Trinajstić information content (AvgIpc) is 3.62. The molecule has 3 heterocycles. The summed E-state index contributed by atoms with van der Waals surface area (Å²) < 4.78 is 1.61. The van der Waals surface area contributed by atoms with Gasteiger partial charge in [-0.2, -0.15) is 5.21 Å². The predicted molar refractivity (Wildman–Crippen MR) is 155 cm³/mol. The Balaban J connectivity index is 1.49. The lowest BCUT2D eigenvalue weighted by molar-refractivity contribution is 0.0695. The van der Waals surface area contributed by atoms with Crippen LogP contribution in [0, 0.1) is 13.8 Å². The molecule has 0 unspecified atom stereocenters. The largest absolute Gasteiger partial charge is 0.478 e. The third kappa shape index (κ3) is 5.48. The van der Waals surface area contributed by atoms with Crippen LogP contribution in [0.15, 0.2) is 58.7 Å². The van der Waals surface area contributed by atoms with Gasteiger partial charge in [0.25, 0.3) is 5.56 Å². The number of H-pyrrole nitrogens is 1. The number of carboxylic acid groups (broad SMARTS) is 1. The Morgan fingerprint density at radius 3 is 2.50 bits per heavy atom. The van der Waals surface area contributed by atoms with Crippen molar-refractivity contribution in [2.75, 3.05) is 0 Å². The molecule has 0 amide bonds. The summed E-state index contributed by atoms with van der Waals surface area (Å²) in [4.78, 5) is 31.2. The number of rotatable bonds is 10. The van der Waals surface area contributed by atoms with Gasteiger partial charge in [0.15, 0.2) is 0 Å². The first-order valence-corrected chi connectivity index (χ1v) is 14.1. The second-order valence-corrected chi connectivity index (χ2v) is 10.7. The zero-order valence-corrected chi connectivity index (χ0v) is 23.5. The standard InChI is InChI=1S/C30H30N6O3S/c1-4-5-10-25-24(29(37)36(19(3)31-25)16-26-27(30(38)39)18(2)17-40-26)15-20-11-13-21(14-12-20)22-8-6-7-9-23(22)28-32-34-35-33-28/h6-9,11-14,17H,4-5,10,15-16H2,1-3H3,(H,38,39)(H,32,33,34,35). The molecule has 10 heteroatoms. The van der Waals surface area contributed by atoms with Gasteiger partial charge in [-0.15, -0.1) is 21.5 Å². The maximum absolute atomic E-state index is 13.9. The number of benzene rings is 2. The monoisotopic (exact) mass is 554 g/mol. The van der Waals surface area contributed by atoms with Crippen molar-refractivity contribution >= 4 is 17.3 Å². The van der Waals surface area contributed by atoms with E-state index in [1.165, 1.54) is 11.3 Å². The minimum atomic E-state index is -0.979. The van der Waals surface area contributed by atoms with E-state index in [0.29, 0.717) is 34.1 Å². The molecular formula is C30H30N6O3S. The Labute approximate surface area is 235 Å². The number of thiophene rings is 1. The Kier molecular flexibility index (Phi) is 7.97. The molecule has 2 aromatic carbocycles. The van der Waals surface area contributed by atoms with Crippen LogP contribution < -0.4 is 5.56 Å². The van der Waals surface area contributed by atoms with E-state index < -0.39 is 5.97 Å². The second-order valence-electron chi connectivity index (χ2n) is 9.76. The van der Waals surface area contributed by atoms with Gasteiger partial charge in [0.05, 0.1) is 17.8 Å². The minimum absolute atomic E-state index is 0.118. The van der Waals surface area contributed by atoms with Crippen LogP contribution in [0.4, 0.5) is 0 Å². The normalized spacial score (nSPS) is 11.2. The molecule has 0 fully saturated rings. The molecule has 0 bridgehead atoms. The van der Waals surface area contributed by atoms with Crippen LogP contribution >= 0.6 is 11.3 Å². The highest BCUT2D eigenvalue weighted by Gasteiger charge is 2.20. The van der Waals surface area contributed by atoms with Gasteiger partial charge < -0.3 is 5.11 Å². The van der Waals surface area contributed by atoms with E-state index in [-0.39, 0.29) is 17.7 Å². The maximum Gasteiger partial charge on any atom is 0.337 e. The van der Waals surface area contributed by atoms with E-state index in [0.717, 1.165) is 47.2 Å². The highest BCUT2D eigenvalue weighted by atomic mass is 32.1. The predicted octanol–water partition coefficient (Wildman–Crippen LogP) is 5.45. The first-order valence-electron chi connectivity index (χ1n) is 13.2. The number of nitrogens with zero attached hydrogens (tertiary/aromatic N) is 5. The van der Waals surface area contributed by atoms with Gasteiger partial charge in [0.1, 0.15) is 5.82 Å². The molecule has 9 nitrogen and oxygen atoms in total. The molecule has 40 heavy (non-hydrogen) atoms. The van der Waals surface area contributed by atoms with E-state index in [9.17, 15) is 14.7 Å². The van der Waals surface area contributed by atoms with Gasteiger partial charge >= 0.3 is 5.97 Å². The molecule has 0 spiro atoms. The number of hydrogen-bond donors (Lipinski definition) is 2. The lowest BCUT2D eigenvalue weighted by Gasteiger charge is -2.16. The molecule has 3 aromatic heterocycles. The zero-order chi connectivity index (χ0) is 28.2. The molecule has 2 N–H and O–H groups in total. The summed E-state index contributed by atoms with van der Waals surface area (Å²) in [5, 5.41) is 26.0. The summed E-state index contributed by atoms with van der Waals surface area (Å²) in [6, 6.07) is 16.0. The number of carbonyl (C=O) groups is 1. The number of unbranched alkanes of at least 4 members (excludes halogenated alkanes) is 1. The van der Waals surface area contributed by atoms with Crippen LogP contribution in [0.1, 0.15) is 63.2 Å². The Bertz CT molecular complexity index is 1700. The van der Waals surface area contributed by atoms with E-state index in [2.05, 4.69) is 27.5 Å². The quantitative estimate of drug-likeness (QED) is 0.235. The zero-order valence-electron chi connectivity index (χ0n) is 22.6. The van der Waals surface area contributed by atoms with Gasteiger partial charge in [-0.3, -0.25) is 9.36 Å². The topological polar surface area (TPSA) is 127 Å². The summed E-state index contributed by atoms with van der Waals surface area (Å²) in [6.07, 6.45) is 3.08. The van der Waals surface area contributed by atoms with E-state index in [4.69, 9.17) is 4.98 Å². The fourth-order valence-electron chi connectivity index (χ4n) is 4.93. The van der Waals surface area contributed by atoms with Crippen LogP contribution in [0.2, 0.25) is 0 Å². The number of aromatic carboxylic acids is 1. The fraction of sp³-hybridized carbons (Fsp3) is 0.267. The van der Waals surface area contributed by atoms with Crippen LogP contribution in [0.5, 0.6) is 0 Å². The Hall–Kier alpha value is -4.44. The highest BCUT2D eigenvalue weighted by Crippen LogP contribution is 2.30. The van der Waals surface area contributed by atoms with Crippen molar-refractivity contribution in [2.45, 2.75) is 53.0 Å². The molecule has 0 radical (unpaired) electrons. The van der Waals surface area contributed by atoms with Crippen LogP contribution in [-0.4, -0.2) is 41.3 Å². The van der Waals surface area contributed by atoms with Gasteiger partial charge in [-0.25, -0.2) is 9.78 Å². The van der Waals surface area contributed by atoms with E-state index in [1.54, 1.807) is 11.5 Å². The summed E-state index contributed by atoms with van der Waals surface area (Å²) in [7, 11) is 0. The van der Waals surface area contributed by atoms with Crippen molar-refractivity contribution in [3.05, 3.63) is 103 Å². The third-order valence-corrected chi connectivity index (χ3v) is 8.12. The van der Waals surface area contributed by atoms with E-state index in [1.807, 2.05) is 60.8 Å². The number of carboxylic acids is 1. The van der Waals surface area contributed by atoms with Crippen LogP contribution in [0.3, 0.4) is 0 Å². The summed E-state index contributed by atoms with van der Waals surface area (Å²) in [5.41, 5.74) is 6.18. The summed E-state index contributed by atoms with van der Waals surface area (Å²) in [6.45, 7) is 5.90. The fourth-order valence-corrected chi connectivity index (χ4v) is 5.94. The Morgan fingerprint density at radius 2 is 1.82 bits per heavy atom. The molecule has 204 valence electrons. The lowest BCUT2D eigenvalue weighted by Crippen LogP contribution is -2.30. The summed E-state index contributed by atoms with van der Waals surface area (Å²) >= 11 is 1.36. The van der Waals surface area contributed by atoms with Crippen molar-refractivity contribution in [1.82, 2.24) is 30.2 Å². The van der Waals surface area contributed by atoms with Gasteiger partial charge in [-0.1, -0.05) is 61.9 Å². The van der Waals surface area contributed by atoms with Crippen molar-refractivity contribution < 1.29 is 9.90 Å². The van der Waals surface area contributed by atoms with Crippen molar-refractivity contribution in [1.29, 1.82) is 0 Å². The van der Waals surface area contributed by atoms with Crippen molar-refractivity contribution in [3.8, 4) is 22.5 Å². The molecular weight excluding hydrogens is 524 g/mol. The smallest absolute Gasteiger partial charge is 0.337 e. The molecule has 0 atom stereocenters.